The number of oxazole rings is 1. The van der Waals surface area contributed by atoms with Crippen molar-refractivity contribution in [3.8, 4) is 22.6 Å². The van der Waals surface area contributed by atoms with Crippen LogP contribution in [-0.4, -0.2) is 4.98 Å². The molecule has 0 spiro atoms. The highest BCUT2D eigenvalue weighted by atomic mass is 16.4. The number of fused-ring (bicyclic) bond motifs is 7. The van der Waals surface area contributed by atoms with Gasteiger partial charge in [-0.15, -0.1) is 0 Å². The highest BCUT2D eigenvalue weighted by molar-refractivity contribution is 6.16. The normalized spacial score (nSPS) is 11.8. The first-order valence-electron chi connectivity index (χ1n) is 16.0. The van der Waals surface area contributed by atoms with Crippen molar-refractivity contribution < 1.29 is 13.3 Å². The molecule has 7 aromatic carbocycles. The first-order valence-corrected chi connectivity index (χ1v) is 16.0. The largest absolute Gasteiger partial charge is 0.456 e. The van der Waals surface area contributed by atoms with Crippen LogP contribution in [0.5, 0.6) is 0 Å². The summed E-state index contributed by atoms with van der Waals surface area (Å²) in [6.45, 7) is 0. The molecule has 5 heteroatoms. The summed E-state index contributed by atoms with van der Waals surface area (Å²) in [6.07, 6.45) is 0. The second kappa shape index (κ2) is 10.5. The lowest BCUT2D eigenvalue weighted by Crippen LogP contribution is -2.10. The topological polar surface area (TPSA) is 55.6 Å². The summed E-state index contributed by atoms with van der Waals surface area (Å²) in [4.78, 5) is 7.03. The Hall–Kier alpha value is -6.59. The summed E-state index contributed by atoms with van der Waals surface area (Å²) in [6, 6.07) is 53.7. The molecule has 5 nitrogen and oxygen atoms in total. The Morgan fingerprint density at radius 3 is 1.96 bits per heavy atom. The molecule has 0 N–H and O–H groups in total. The molecule has 0 aliphatic heterocycles. The minimum atomic E-state index is 0.575. The second-order valence-corrected chi connectivity index (χ2v) is 11.9. The third-order valence-electron chi connectivity index (χ3n) is 9.11. The van der Waals surface area contributed by atoms with E-state index in [9.17, 15) is 0 Å². The van der Waals surface area contributed by atoms with Crippen molar-refractivity contribution in [2.24, 2.45) is 0 Å². The number of anilines is 3. The average Bonchev–Trinajstić information content (AvgIpc) is 3.86. The first-order chi connectivity index (χ1) is 23.8. The molecule has 48 heavy (non-hydrogen) atoms. The van der Waals surface area contributed by atoms with Crippen molar-refractivity contribution in [1.29, 1.82) is 0 Å². The monoisotopic (exact) mass is 618 g/mol. The number of rotatable bonds is 5. The van der Waals surface area contributed by atoms with Gasteiger partial charge in [-0.1, -0.05) is 91.0 Å². The quantitative estimate of drug-likeness (QED) is 0.192. The molecule has 3 heterocycles. The van der Waals surface area contributed by atoms with E-state index in [0.717, 1.165) is 88.7 Å². The summed E-state index contributed by atoms with van der Waals surface area (Å²) >= 11 is 0. The summed E-state index contributed by atoms with van der Waals surface area (Å²) in [5.41, 5.74) is 10.9. The van der Waals surface area contributed by atoms with Gasteiger partial charge in [0.15, 0.2) is 11.2 Å². The lowest BCUT2D eigenvalue weighted by atomic mass is 9.99. The van der Waals surface area contributed by atoms with Crippen molar-refractivity contribution in [3.05, 3.63) is 158 Å². The van der Waals surface area contributed by atoms with Gasteiger partial charge < -0.3 is 18.2 Å². The predicted octanol–water partition coefficient (Wildman–Crippen LogP) is 12.4. The van der Waals surface area contributed by atoms with Crippen LogP contribution in [0.25, 0.3) is 77.6 Å². The van der Waals surface area contributed by atoms with Crippen LogP contribution in [0.4, 0.5) is 17.1 Å². The van der Waals surface area contributed by atoms with Crippen LogP contribution in [0.3, 0.4) is 0 Å². The van der Waals surface area contributed by atoms with E-state index in [0.29, 0.717) is 5.89 Å². The molecule has 0 aliphatic carbocycles. The summed E-state index contributed by atoms with van der Waals surface area (Å²) in [5.74, 6) is 0.575. The molecule has 0 aliphatic rings. The summed E-state index contributed by atoms with van der Waals surface area (Å²) in [5, 5.41) is 4.14. The van der Waals surface area contributed by atoms with E-state index < -0.39 is 0 Å². The Kier molecular flexibility index (Phi) is 5.81. The van der Waals surface area contributed by atoms with E-state index in [-0.39, 0.29) is 0 Å². The molecule has 10 aromatic rings. The molecule has 0 amide bonds. The number of para-hydroxylation sites is 4. The molecular formula is C43H26N2O3. The fourth-order valence-electron chi connectivity index (χ4n) is 6.99. The first kappa shape index (κ1) is 26.6. The van der Waals surface area contributed by atoms with Gasteiger partial charge in [-0.05, 0) is 71.8 Å². The lowest BCUT2D eigenvalue weighted by Gasteiger charge is -2.25. The minimum absolute atomic E-state index is 0.575. The Balaban J connectivity index is 1.18. The van der Waals surface area contributed by atoms with Crippen molar-refractivity contribution in [2.75, 3.05) is 4.90 Å². The Morgan fingerprint density at radius 2 is 1.12 bits per heavy atom. The zero-order chi connectivity index (χ0) is 31.6. The van der Waals surface area contributed by atoms with Crippen LogP contribution in [0.15, 0.2) is 171 Å². The van der Waals surface area contributed by atoms with E-state index in [1.165, 1.54) is 0 Å². The van der Waals surface area contributed by atoms with Crippen LogP contribution >= 0.6 is 0 Å². The van der Waals surface area contributed by atoms with Crippen LogP contribution in [0, 0.1) is 0 Å². The number of hydrogen-bond acceptors (Lipinski definition) is 5. The van der Waals surface area contributed by atoms with Gasteiger partial charge in [-0.3, -0.25) is 0 Å². The number of aromatic nitrogens is 1. The summed E-state index contributed by atoms with van der Waals surface area (Å²) in [7, 11) is 0. The molecule has 0 atom stereocenters. The average molecular weight is 619 g/mol. The van der Waals surface area contributed by atoms with Crippen molar-refractivity contribution >= 4 is 72.0 Å². The van der Waals surface area contributed by atoms with Crippen molar-refractivity contribution in [2.45, 2.75) is 0 Å². The Morgan fingerprint density at radius 1 is 0.438 bits per heavy atom. The van der Waals surface area contributed by atoms with Gasteiger partial charge in [0.1, 0.15) is 22.3 Å². The van der Waals surface area contributed by atoms with Crippen LogP contribution in [-0.2, 0) is 0 Å². The van der Waals surface area contributed by atoms with Gasteiger partial charge in [0.05, 0.1) is 11.4 Å². The SMILES string of the molecule is c1ccc(-c2cccc3oc4c(N(c5ccccc5)c5ccc6c(c5)oc5cccc(-c7nc8ccccc8o7)c56)cccc4c23)cc1. The second-order valence-electron chi connectivity index (χ2n) is 11.9. The van der Waals surface area contributed by atoms with Gasteiger partial charge in [0.2, 0.25) is 5.89 Å². The highest BCUT2D eigenvalue weighted by Gasteiger charge is 2.23. The van der Waals surface area contributed by atoms with Crippen LogP contribution in [0.2, 0.25) is 0 Å². The molecule has 3 aromatic heterocycles. The predicted molar refractivity (Wildman–Crippen MR) is 194 cm³/mol. The van der Waals surface area contributed by atoms with Crippen LogP contribution < -0.4 is 4.90 Å². The van der Waals surface area contributed by atoms with Gasteiger partial charge in [-0.25, -0.2) is 4.98 Å². The zero-order valence-corrected chi connectivity index (χ0v) is 25.6. The minimum Gasteiger partial charge on any atom is -0.456 e. The van der Waals surface area contributed by atoms with E-state index in [1.54, 1.807) is 0 Å². The molecule has 0 unspecified atom stereocenters. The van der Waals surface area contributed by atoms with Gasteiger partial charge in [-0.2, -0.15) is 0 Å². The van der Waals surface area contributed by atoms with E-state index in [2.05, 4.69) is 102 Å². The van der Waals surface area contributed by atoms with Gasteiger partial charge >= 0.3 is 0 Å². The number of nitrogens with zero attached hydrogens (tertiary/aromatic N) is 2. The standard InChI is InChI=1S/C43H26N2O3/c1-3-12-27(13-4-1)30-16-10-23-38-40(30)32-17-9-20-35(42(32)47-38)45(28-14-5-2-6-15-28)29-24-25-31-39(26-29)46-37-22-11-18-33(41(31)37)43-44-34-19-7-8-21-36(34)48-43/h1-26H. The maximum atomic E-state index is 6.71. The van der Waals surface area contributed by atoms with Crippen molar-refractivity contribution in [3.63, 3.8) is 0 Å². The maximum Gasteiger partial charge on any atom is 0.228 e. The third kappa shape index (κ3) is 4.08. The lowest BCUT2D eigenvalue weighted by molar-refractivity contribution is 0.620. The van der Waals surface area contributed by atoms with Gasteiger partial charge in [0.25, 0.3) is 0 Å². The van der Waals surface area contributed by atoms with Crippen molar-refractivity contribution in [1.82, 2.24) is 4.98 Å². The van der Waals surface area contributed by atoms with E-state index in [1.807, 2.05) is 60.7 Å². The Labute approximate surface area is 274 Å². The maximum absolute atomic E-state index is 6.71. The third-order valence-corrected chi connectivity index (χ3v) is 9.11. The zero-order valence-electron chi connectivity index (χ0n) is 25.6. The number of furan rings is 2. The number of hydrogen-bond donors (Lipinski definition) is 0. The smallest absolute Gasteiger partial charge is 0.228 e. The fraction of sp³-hybridized carbons (Fsp3) is 0. The molecule has 0 radical (unpaired) electrons. The highest BCUT2D eigenvalue weighted by Crippen LogP contribution is 2.46. The van der Waals surface area contributed by atoms with E-state index >= 15 is 0 Å². The molecule has 226 valence electrons. The molecule has 0 saturated heterocycles. The molecule has 10 rings (SSSR count). The molecule has 0 saturated carbocycles. The van der Waals surface area contributed by atoms with Crippen LogP contribution in [0.1, 0.15) is 0 Å². The fourth-order valence-corrected chi connectivity index (χ4v) is 6.99. The number of benzene rings is 7. The Bertz CT molecular complexity index is 2760. The van der Waals surface area contributed by atoms with E-state index in [4.69, 9.17) is 18.2 Å². The molecule has 0 bridgehead atoms. The van der Waals surface area contributed by atoms with Gasteiger partial charge in [0, 0.05) is 38.9 Å². The molecular weight excluding hydrogens is 592 g/mol. The summed E-state index contributed by atoms with van der Waals surface area (Å²) < 4.78 is 19.4. The molecule has 0 fully saturated rings.